The molecule has 1 saturated heterocycles. The summed E-state index contributed by atoms with van der Waals surface area (Å²) in [4.78, 5) is 28.2. The summed E-state index contributed by atoms with van der Waals surface area (Å²) in [6.07, 6.45) is 1.78. The molecule has 0 spiro atoms. The fourth-order valence-corrected chi connectivity index (χ4v) is 3.23. The molecule has 1 aliphatic rings. The number of carbonyl (C=O) groups is 2. The van der Waals surface area contributed by atoms with Gasteiger partial charge in [-0.2, -0.15) is 0 Å². The van der Waals surface area contributed by atoms with Crippen molar-refractivity contribution in [1.82, 2.24) is 4.90 Å². The molecule has 3 aromatic rings. The molecule has 0 aliphatic carbocycles. The summed E-state index contributed by atoms with van der Waals surface area (Å²) in [5.74, 6) is 0.526. The van der Waals surface area contributed by atoms with Gasteiger partial charge in [-0.1, -0.05) is 12.1 Å². The van der Waals surface area contributed by atoms with Gasteiger partial charge in [-0.3, -0.25) is 14.6 Å². The third-order valence-electron chi connectivity index (χ3n) is 4.68. The van der Waals surface area contributed by atoms with Gasteiger partial charge < -0.3 is 14.9 Å². The highest BCUT2D eigenvalue weighted by Gasteiger charge is 2.34. The monoisotopic (exact) mass is 365 g/mol. The third kappa shape index (κ3) is 3.08. The summed E-state index contributed by atoms with van der Waals surface area (Å²) < 4.78 is 10.7. The molecule has 138 valence electrons. The number of rotatable bonds is 4. The van der Waals surface area contributed by atoms with Gasteiger partial charge in [0.2, 0.25) is 5.91 Å². The van der Waals surface area contributed by atoms with Crippen molar-refractivity contribution in [3.05, 3.63) is 54.3 Å². The Labute approximate surface area is 155 Å². The summed E-state index contributed by atoms with van der Waals surface area (Å²) >= 11 is 0. The van der Waals surface area contributed by atoms with E-state index in [0.29, 0.717) is 23.5 Å². The molecule has 0 radical (unpaired) electrons. The number of furan rings is 1. The molecule has 1 aromatic heterocycles. The number of hydrogen-bond donors (Lipinski definition) is 1. The highest BCUT2D eigenvalue weighted by molar-refractivity contribution is 6.09. The van der Waals surface area contributed by atoms with Gasteiger partial charge in [0.05, 0.1) is 19.3 Å². The molecule has 0 unspecified atom stereocenters. The maximum Gasteiger partial charge on any atom is 0.331 e. The summed E-state index contributed by atoms with van der Waals surface area (Å²) in [7, 11) is 1.59. The maximum atomic E-state index is 13.0. The number of nitrogen functional groups attached to an aromatic ring is 1. The van der Waals surface area contributed by atoms with Crippen LogP contribution >= 0.6 is 0 Å². The van der Waals surface area contributed by atoms with Gasteiger partial charge in [-0.15, -0.1) is 0 Å². The van der Waals surface area contributed by atoms with E-state index in [4.69, 9.17) is 14.9 Å². The smallest absolute Gasteiger partial charge is 0.331 e. The Hall–Kier alpha value is -3.48. The lowest BCUT2D eigenvalue weighted by Crippen LogP contribution is -2.52. The first-order chi connectivity index (χ1) is 13.1. The molecule has 4 rings (SSSR count). The van der Waals surface area contributed by atoms with Crippen molar-refractivity contribution in [1.29, 1.82) is 0 Å². The van der Waals surface area contributed by atoms with Gasteiger partial charge in [0.25, 0.3) is 0 Å². The van der Waals surface area contributed by atoms with Crippen LogP contribution in [0, 0.1) is 0 Å². The number of ether oxygens (including phenoxy) is 1. The Morgan fingerprint density at radius 3 is 2.67 bits per heavy atom. The maximum absolute atomic E-state index is 13.0. The van der Waals surface area contributed by atoms with E-state index in [1.807, 2.05) is 12.1 Å². The number of anilines is 2. The van der Waals surface area contributed by atoms with Gasteiger partial charge in [0.15, 0.2) is 0 Å². The van der Waals surface area contributed by atoms with E-state index in [1.165, 1.54) is 11.2 Å². The average molecular weight is 365 g/mol. The molecule has 2 N–H and O–H groups in total. The normalized spacial score (nSPS) is 14.9. The number of methoxy groups -OCH3 is 1. The van der Waals surface area contributed by atoms with E-state index in [1.54, 1.807) is 42.3 Å². The number of benzene rings is 2. The SMILES string of the molecule is COc1ccc(CN2C(=O)CCN(c3coc4ccc(N)cc34)C2=O)cc1. The lowest BCUT2D eigenvalue weighted by Gasteiger charge is -2.33. The summed E-state index contributed by atoms with van der Waals surface area (Å²) in [5.41, 5.74) is 8.57. The number of nitrogens with two attached hydrogens (primary N) is 1. The van der Waals surface area contributed by atoms with Crippen LogP contribution in [0.5, 0.6) is 5.75 Å². The Morgan fingerprint density at radius 1 is 1.15 bits per heavy atom. The third-order valence-corrected chi connectivity index (χ3v) is 4.68. The summed E-state index contributed by atoms with van der Waals surface area (Å²) in [6.45, 7) is 0.510. The van der Waals surface area contributed by atoms with Crippen molar-refractivity contribution in [2.24, 2.45) is 0 Å². The number of urea groups is 1. The van der Waals surface area contributed by atoms with Gasteiger partial charge >= 0.3 is 6.03 Å². The zero-order chi connectivity index (χ0) is 19.0. The predicted octanol–water partition coefficient (Wildman–Crippen LogP) is 3.38. The minimum absolute atomic E-state index is 0.195. The van der Waals surface area contributed by atoms with Crippen LogP contribution in [0.4, 0.5) is 16.2 Å². The van der Waals surface area contributed by atoms with Crippen molar-refractivity contribution in [3.8, 4) is 5.75 Å². The number of carbonyl (C=O) groups excluding carboxylic acids is 2. The first-order valence-corrected chi connectivity index (χ1v) is 8.58. The summed E-state index contributed by atoms with van der Waals surface area (Å²) in [6, 6.07) is 12.2. The molecule has 0 saturated carbocycles. The Bertz CT molecular complexity index is 1010. The molecular weight excluding hydrogens is 346 g/mol. The lowest BCUT2D eigenvalue weighted by molar-refractivity contribution is -0.129. The van der Waals surface area contributed by atoms with E-state index in [9.17, 15) is 9.59 Å². The highest BCUT2D eigenvalue weighted by Crippen LogP contribution is 2.33. The fraction of sp³-hybridized carbons (Fsp3) is 0.200. The van der Waals surface area contributed by atoms with Crippen molar-refractivity contribution in [3.63, 3.8) is 0 Å². The summed E-state index contributed by atoms with van der Waals surface area (Å²) in [5, 5.41) is 0.752. The zero-order valence-corrected chi connectivity index (χ0v) is 14.8. The van der Waals surface area contributed by atoms with Crippen LogP contribution in [0.1, 0.15) is 12.0 Å². The van der Waals surface area contributed by atoms with Gasteiger partial charge in [-0.05, 0) is 35.9 Å². The van der Waals surface area contributed by atoms with Gasteiger partial charge in [-0.25, -0.2) is 4.79 Å². The first-order valence-electron chi connectivity index (χ1n) is 8.58. The number of nitrogens with zero attached hydrogens (tertiary/aromatic N) is 2. The van der Waals surface area contributed by atoms with E-state index < -0.39 is 0 Å². The topological polar surface area (TPSA) is 89.0 Å². The van der Waals surface area contributed by atoms with Crippen LogP contribution in [-0.2, 0) is 11.3 Å². The van der Waals surface area contributed by atoms with Crippen molar-refractivity contribution < 1.29 is 18.7 Å². The molecule has 2 aromatic carbocycles. The molecule has 1 aliphatic heterocycles. The van der Waals surface area contributed by atoms with Crippen LogP contribution in [-0.4, -0.2) is 30.5 Å². The van der Waals surface area contributed by atoms with Crippen LogP contribution < -0.4 is 15.4 Å². The number of imide groups is 1. The largest absolute Gasteiger partial charge is 0.497 e. The standard InChI is InChI=1S/C20H19N3O4/c1-26-15-5-2-13(3-6-15)11-23-19(24)8-9-22(20(23)25)17-12-27-18-7-4-14(21)10-16(17)18/h2-7,10,12H,8-9,11,21H2,1H3. The van der Waals surface area contributed by atoms with Crippen molar-refractivity contribution in [2.45, 2.75) is 13.0 Å². The van der Waals surface area contributed by atoms with Crippen LogP contribution in [0.3, 0.4) is 0 Å². The van der Waals surface area contributed by atoms with Gasteiger partial charge in [0, 0.05) is 24.0 Å². The van der Waals surface area contributed by atoms with Crippen LogP contribution in [0.15, 0.2) is 53.1 Å². The molecule has 1 fully saturated rings. The van der Waals surface area contributed by atoms with Crippen molar-refractivity contribution in [2.75, 3.05) is 24.3 Å². The predicted molar refractivity (Wildman–Crippen MR) is 102 cm³/mol. The first kappa shape index (κ1) is 17.0. The highest BCUT2D eigenvalue weighted by atomic mass is 16.5. The van der Waals surface area contributed by atoms with Gasteiger partial charge in [0.1, 0.15) is 17.6 Å². The Balaban J connectivity index is 1.62. The molecular formula is C20H19N3O4. The number of amides is 3. The van der Waals surface area contributed by atoms with E-state index in [2.05, 4.69) is 0 Å². The fourth-order valence-electron chi connectivity index (χ4n) is 3.23. The average Bonchev–Trinajstić information content (AvgIpc) is 3.08. The molecule has 27 heavy (non-hydrogen) atoms. The van der Waals surface area contributed by atoms with E-state index in [0.717, 1.165) is 16.7 Å². The van der Waals surface area contributed by atoms with Crippen LogP contribution in [0.2, 0.25) is 0 Å². The molecule has 2 heterocycles. The second kappa shape index (κ2) is 6.68. The second-order valence-electron chi connectivity index (χ2n) is 6.39. The van der Waals surface area contributed by atoms with Crippen molar-refractivity contribution >= 4 is 34.3 Å². The quantitative estimate of drug-likeness (QED) is 0.716. The number of fused-ring (bicyclic) bond motifs is 1. The lowest BCUT2D eigenvalue weighted by atomic mass is 10.1. The molecule has 0 atom stereocenters. The van der Waals surface area contributed by atoms with E-state index in [-0.39, 0.29) is 24.9 Å². The van der Waals surface area contributed by atoms with Crippen LogP contribution in [0.25, 0.3) is 11.0 Å². The molecule has 7 heteroatoms. The molecule has 0 bridgehead atoms. The Kier molecular flexibility index (Phi) is 4.19. The Morgan fingerprint density at radius 2 is 1.93 bits per heavy atom. The minimum Gasteiger partial charge on any atom is -0.497 e. The molecule has 7 nitrogen and oxygen atoms in total. The zero-order valence-electron chi connectivity index (χ0n) is 14.8. The second-order valence-corrected chi connectivity index (χ2v) is 6.39. The number of hydrogen-bond acceptors (Lipinski definition) is 5. The minimum atomic E-state index is -0.368. The van der Waals surface area contributed by atoms with E-state index >= 15 is 0 Å². The molecule has 3 amide bonds.